The third-order valence-corrected chi connectivity index (χ3v) is 3.48. The molecular formula is C18H23FIN3O. The Morgan fingerprint density at radius 2 is 1.83 bits per heavy atom. The zero-order chi connectivity index (χ0) is 16.7. The Balaban J connectivity index is 0.00000288. The molecule has 0 radical (unpaired) electrons. The number of hydrogen-bond acceptors (Lipinski definition) is 2. The molecule has 0 aliphatic heterocycles. The van der Waals surface area contributed by atoms with Crippen molar-refractivity contribution in [1.29, 1.82) is 0 Å². The summed E-state index contributed by atoms with van der Waals surface area (Å²) in [6.07, 6.45) is 0.998. The lowest BCUT2D eigenvalue weighted by molar-refractivity contribution is 0.181. The molecular weight excluding hydrogens is 420 g/mol. The molecule has 24 heavy (non-hydrogen) atoms. The van der Waals surface area contributed by atoms with Crippen LogP contribution in [-0.4, -0.2) is 13.1 Å². The first-order chi connectivity index (χ1) is 11.1. The fourth-order valence-electron chi connectivity index (χ4n) is 2.18. The molecule has 0 spiro atoms. The van der Waals surface area contributed by atoms with Crippen molar-refractivity contribution in [3.63, 3.8) is 0 Å². The van der Waals surface area contributed by atoms with Gasteiger partial charge in [-0.3, -0.25) is 0 Å². The Kier molecular flexibility index (Phi) is 8.70. The summed E-state index contributed by atoms with van der Waals surface area (Å²) in [6, 6.07) is 12.9. The van der Waals surface area contributed by atoms with Gasteiger partial charge >= 0.3 is 0 Å². The monoisotopic (exact) mass is 443 g/mol. The second kappa shape index (κ2) is 10.2. The maximum atomic E-state index is 13.6. The van der Waals surface area contributed by atoms with Gasteiger partial charge in [0.25, 0.3) is 0 Å². The number of aliphatic imine (C=N–C) groups is 1. The van der Waals surface area contributed by atoms with E-state index in [2.05, 4.69) is 17.2 Å². The molecule has 0 fully saturated rings. The summed E-state index contributed by atoms with van der Waals surface area (Å²) in [6.45, 7) is 2.72. The van der Waals surface area contributed by atoms with Crippen molar-refractivity contribution in [3.8, 4) is 0 Å². The first-order valence-corrected chi connectivity index (χ1v) is 7.54. The van der Waals surface area contributed by atoms with Crippen LogP contribution in [0.1, 0.15) is 23.6 Å². The highest BCUT2D eigenvalue weighted by Gasteiger charge is 2.03. The lowest BCUT2D eigenvalue weighted by Crippen LogP contribution is -2.22. The molecule has 4 nitrogen and oxygen atoms in total. The predicted octanol–water partition coefficient (Wildman–Crippen LogP) is 4.08. The number of hydrogen-bond donors (Lipinski definition) is 2. The van der Waals surface area contributed by atoms with Crippen molar-refractivity contribution in [2.24, 2.45) is 10.7 Å². The van der Waals surface area contributed by atoms with Gasteiger partial charge in [-0.2, -0.15) is 0 Å². The molecule has 0 saturated heterocycles. The normalized spacial score (nSPS) is 11.0. The summed E-state index contributed by atoms with van der Waals surface area (Å²) >= 11 is 0. The molecule has 3 N–H and O–H groups in total. The van der Waals surface area contributed by atoms with E-state index in [0.717, 1.165) is 17.7 Å². The first kappa shape index (κ1) is 20.4. The number of nitrogens with one attached hydrogen (secondary N) is 1. The molecule has 0 unspecified atom stereocenters. The van der Waals surface area contributed by atoms with Gasteiger partial charge in [-0.05, 0) is 41.8 Å². The number of guanidine groups is 1. The number of rotatable bonds is 6. The average Bonchev–Trinajstić information content (AvgIpc) is 2.56. The van der Waals surface area contributed by atoms with Crippen molar-refractivity contribution < 1.29 is 9.13 Å². The topological polar surface area (TPSA) is 59.6 Å². The van der Waals surface area contributed by atoms with E-state index >= 15 is 0 Å². The Labute approximate surface area is 159 Å². The van der Waals surface area contributed by atoms with E-state index in [9.17, 15) is 4.39 Å². The van der Waals surface area contributed by atoms with Crippen LogP contribution in [0.5, 0.6) is 0 Å². The highest BCUT2D eigenvalue weighted by molar-refractivity contribution is 14.0. The molecule has 0 aromatic heterocycles. The first-order valence-electron chi connectivity index (χ1n) is 7.54. The maximum Gasteiger partial charge on any atom is 0.193 e. The van der Waals surface area contributed by atoms with E-state index in [-0.39, 0.29) is 36.4 Å². The van der Waals surface area contributed by atoms with Gasteiger partial charge in [0.15, 0.2) is 5.96 Å². The number of methoxy groups -OCH3 is 1. The van der Waals surface area contributed by atoms with Gasteiger partial charge in [-0.15, -0.1) is 24.0 Å². The molecule has 0 saturated carbocycles. The van der Waals surface area contributed by atoms with Gasteiger partial charge in [-0.25, -0.2) is 9.38 Å². The van der Waals surface area contributed by atoms with Crippen molar-refractivity contribution in [1.82, 2.24) is 0 Å². The molecule has 0 amide bonds. The molecule has 0 aliphatic rings. The second-order valence-corrected chi connectivity index (χ2v) is 5.24. The van der Waals surface area contributed by atoms with Crippen LogP contribution in [-0.2, 0) is 24.3 Å². The SMILES string of the molecule is CCc1ccc(NC(N)=NCc2ccc(F)c(COC)c2)cc1.I. The van der Waals surface area contributed by atoms with Crippen molar-refractivity contribution in [2.75, 3.05) is 12.4 Å². The number of ether oxygens (including phenoxy) is 1. The molecule has 2 rings (SSSR count). The van der Waals surface area contributed by atoms with Crippen LogP contribution in [0, 0.1) is 5.82 Å². The van der Waals surface area contributed by atoms with Gasteiger partial charge in [0.05, 0.1) is 13.2 Å². The van der Waals surface area contributed by atoms with Gasteiger partial charge in [0.2, 0.25) is 0 Å². The van der Waals surface area contributed by atoms with E-state index < -0.39 is 0 Å². The standard InChI is InChI=1S/C18H22FN3O.HI/c1-3-13-4-7-16(8-5-13)22-18(20)21-11-14-6-9-17(19)15(10-14)12-23-2;/h4-10H,3,11-12H2,1-2H3,(H3,20,21,22);1H. The zero-order valence-electron chi connectivity index (χ0n) is 13.9. The summed E-state index contributed by atoms with van der Waals surface area (Å²) < 4.78 is 18.5. The lowest BCUT2D eigenvalue weighted by atomic mass is 10.1. The smallest absolute Gasteiger partial charge is 0.193 e. The molecule has 130 valence electrons. The highest BCUT2D eigenvalue weighted by Crippen LogP contribution is 2.13. The zero-order valence-corrected chi connectivity index (χ0v) is 16.2. The molecule has 2 aromatic rings. The van der Waals surface area contributed by atoms with Crippen LogP contribution >= 0.6 is 24.0 Å². The molecule has 2 aromatic carbocycles. The van der Waals surface area contributed by atoms with Gasteiger partial charge < -0.3 is 15.8 Å². The van der Waals surface area contributed by atoms with E-state index in [0.29, 0.717) is 18.1 Å². The van der Waals surface area contributed by atoms with Crippen LogP contribution in [0.15, 0.2) is 47.5 Å². The Morgan fingerprint density at radius 1 is 1.17 bits per heavy atom. The van der Waals surface area contributed by atoms with Gasteiger partial charge in [0, 0.05) is 18.4 Å². The van der Waals surface area contributed by atoms with Gasteiger partial charge in [0.1, 0.15) is 5.82 Å². The number of benzene rings is 2. The van der Waals surface area contributed by atoms with Crippen molar-refractivity contribution >= 4 is 35.6 Å². The van der Waals surface area contributed by atoms with Crippen LogP contribution in [0.2, 0.25) is 0 Å². The maximum absolute atomic E-state index is 13.6. The highest BCUT2D eigenvalue weighted by atomic mass is 127. The Bertz CT molecular complexity index is 674. The summed E-state index contributed by atoms with van der Waals surface area (Å²) in [5, 5.41) is 3.04. The number of halogens is 2. The number of aryl methyl sites for hydroxylation is 1. The van der Waals surface area contributed by atoms with Crippen LogP contribution in [0.4, 0.5) is 10.1 Å². The van der Waals surface area contributed by atoms with Crippen molar-refractivity contribution in [3.05, 3.63) is 65.0 Å². The van der Waals surface area contributed by atoms with Crippen LogP contribution < -0.4 is 11.1 Å². The minimum absolute atomic E-state index is 0. The third kappa shape index (κ3) is 6.09. The minimum Gasteiger partial charge on any atom is -0.380 e. The van der Waals surface area contributed by atoms with Crippen LogP contribution in [0.25, 0.3) is 0 Å². The Hall–Kier alpha value is -1.67. The van der Waals surface area contributed by atoms with E-state index in [1.54, 1.807) is 12.1 Å². The quantitative estimate of drug-likeness (QED) is 0.402. The fourth-order valence-corrected chi connectivity index (χ4v) is 2.18. The summed E-state index contributed by atoms with van der Waals surface area (Å²) in [5.74, 6) is 0.0496. The number of anilines is 1. The molecule has 6 heteroatoms. The third-order valence-electron chi connectivity index (χ3n) is 3.48. The van der Waals surface area contributed by atoms with E-state index in [4.69, 9.17) is 10.5 Å². The second-order valence-electron chi connectivity index (χ2n) is 5.24. The largest absolute Gasteiger partial charge is 0.380 e. The summed E-state index contributed by atoms with van der Waals surface area (Å²) in [5.41, 5.74) is 9.44. The van der Waals surface area contributed by atoms with Crippen molar-refractivity contribution in [2.45, 2.75) is 26.5 Å². The number of nitrogens with two attached hydrogens (primary N) is 1. The lowest BCUT2D eigenvalue weighted by Gasteiger charge is -2.07. The fraction of sp³-hybridized carbons (Fsp3) is 0.278. The van der Waals surface area contributed by atoms with Gasteiger partial charge in [-0.1, -0.05) is 25.1 Å². The Morgan fingerprint density at radius 3 is 2.46 bits per heavy atom. The predicted molar refractivity (Wildman–Crippen MR) is 107 cm³/mol. The van der Waals surface area contributed by atoms with E-state index in [1.165, 1.54) is 18.7 Å². The molecule has 0 heterocycles. The summed E-state index contributed by atoms with van der Waals surface area (Å²) in [7, 11) is 1.54. The molecule has 0 aliphatic carbocycles. The minimum atomic E-state index is -0.276. The van der Waals surface area contributed by atoms with E-state index in [1.807, 2.05) is 24.3 Å². The number of nitrogens with zero attached hydrogens (tertiary/aromatic N) is 1. The summed E-state index contributed by atoms with van der Waals surface area (Å²) in [4.78, 5) is 4.28. The molecule has 0 atom stereocenters. The van der Waals surface area contributed by atoms with Crippen LogP contribution in [0.3, 0.4) is 0 Å². The average molecular weight is 443 g/mol. The molecule has 0 bridgehead atoms.